The van der Waals surface area contributed by atoms with E-state index in [0.717, 1.165) is 43.5 Å². The zero-order valence-corrected chi connectivity index (χ0v) is 20.8. The number of nitrogens with one attached hydrogen (secondary N) is 2. The molecule has 0 radical (unpaired) electrons. The molecule has 2 N–H and O–H groups in total. The van der Waals surface area contributed by atoms with Gasteiger partial charge in [-0.15, -0.1) is 9.81 Å². The van der Waals surface area contributed by atoms with E-state index in [1.54, 1.807) is 9.44 Å². The highest BCUT2D eigenvalue weighted by Gasteiger charge is 2.28. The molecule has 0 amide bonds. The number of nitroso groups, excluding NO2 is 2. The molecule has 0 aromatic heterocycles. The van der Waals surface area contributed by atoms with Gasteiger partial charge < -0.3 is 4.74 Å². The summed E-state index contributed by atoms with van der Waals surface area (Å²) in [5.41, 5.74) is -3.04. The third-order valence-electron chi connectivity index (χ3n) is 4.47. The summed E-state index contributed by atoms with van der Waals surface area (Å²) >= 11 is 11.3. The average Bonchev–Trinajstić information content (AvgIpc) is 2.81. The minimum atomic E-state index is -4.82. The Kier molecular flexibility index (Phi) is 7.78. The molecular formula is C19H12Cl2F2N4O7S2. The quantitative estimate of drug-likeness (QED) is 0.308. The van der Waals surface area contributed by atoms with E-state index in [4.69, 9.17) is 27.9 Å². The molecule has 3 rings (SSSR count). The predicted molar refractivity (Wildman–Crippen MR) is 128 cm³/mol. The van der Waals surface area contributed by atoms with Crippen LogP contribution in [0.1, 0.15) is 0 Å². The van der Waals surface area contributed by atoms with Crippen molar-refractivity contribution in [2.75, 3.05) is 16.6 Å². The van der Waals surface area contributed by atoms with Gasteiger partial charge in [0.25, 0.3) is 20.0 Å². The molecule has 0 heterocycles. The molecule has 0 atom stereocenters. The number of sulfonamides is 2. The molecule has 0 saturated carbocycles. The molecule has 0 spiro atoms. The lowest BCUT2D eigenvalue weighted by atomic mass is 10.2. The number of hydrogen-bond acceptors (Lipinski definition) is 9. The lowest BCUT2D eigenvalue weighted by molar-refractivity contribution is 0.402. The van der Waals surface area contributed by atoms with Crippen molar-refractivity contribution in [2.24, 2.45) is 10.4 Å². The maximum atomic E-state index is 14.3. The lowest BCUT2D eigenvalue weighted by Gasteiger charge is -2.15. The van der Waals surface area contributed by atoms with E-state index in [2.05, 4.69) is 10.4 Å². The normalized spacial score (nSPS) is 11.6. The molecule has 0 aliphatic carbocycles. The Balaban J connectivity index is 2.10. The lowest BCUT2D eigenvalue weighted by Crippen LogP contribution is -2.18. The molecule has 0 fully saturated rings. The third-order valence-corrected chi connectivity index (χ3v) is 7.63. The van der Waals surface area contributed by atoms with Crippen LogP contribution in [-0.2, 0) is 20.0 Å². The van der Waals surface area contributed by atoms with Crippen molar-refractivity contribution in [3.05, 3.63) is 74.0 Å². The van der Waals surface area contributed by atoms with Crippen LogP contribution in [-0.4, -0.2) is 23.9 Å². The molecule has 3 aromatic carbocycles. The first-order valence-electron chi connectivity index (χ1n) is 9.21. The van der Waals surface area contributed by atoms with Gasteiger partial charge in [0.2, 0.25) is 0 Å². The third kappa shape index (κ3) is 5.53. The summed E-state index contributed by atoms with van der Waals surface area (Å²) in [6.45, 7) is 0. The van der Waals surface area contributed by atoms with Crippen molar-refractivity contribution in [3.8, 4) is 5.75 Å². The second-order valence-corrected chi connectivity index (χ2v) is 11.0. The van der Waals surface area contributed by atoms with Gasteiger partial charge >= 0.3 is 0 Å². The van der Waals surface area contributed by atoms with Gasteiger partial charge in [-0.1, -0.05) is 23.2 Å². The Morgan fingerprint density at radius 1 is 0.778 bits per heavy atom. The van der Waals surface area contributed by atoms with Gasteiger partial charge in [0.1, 0.15) is 33.4 Å². The topological polar surface area (TPSA) is 160 Å². The molecule has 0 aliphatic rings. The van der Waals surface area contributed by atoms with E-state index in [0.29, 0.717) is 6.07 Å². The highest BCUT2D eigenvalue weighted by atomic mass is 35.5. The molecule has 36 heavy (non-hydrogen) atoms. The number of hydrogen-bond donors (Lipinski definition) is 2. The number of rotatable bonds is 9. The first-order chi connectivity index (χ1) is 16.8. The zero-order chi connectivity index (χ0) is 26.8. The van der Waals surface area contributed by atoms with Crippen LogP contribution in [0.25, 0.3) is 0 Å². The minimum Gasteiger partial charge on any atom is -0.495 e. The first kappa shape index (κ1) is 27.2. The van der Waals surface area contributed by atoms with E-state index < -0.39 is 64.2 Å². The van der Waals surface area contributed by atoms with Gasteiger partial charge in [0.15, 0.2) is 11.6 Å². The van der Waals surface area contributed by atoms with Crippen molar-refractivity contribution in [1.82, 2.24) is 0 Å². The summed E-state index contributed by atoms with van der Waals surface area (Å²) in [6.07, 6.45) is 0. The van der Waals surface area contributed by atoms with E-state index >= 15 is 0 Å². The fourth-order valence-corrected chi connectivity index (χ4v) is 5.74. The molecule has 0 unspecified atom stereocenters. The maximum absolute atomic E-state index is 14.3. The molecule has 11 nitrogen and oxygen atoms in total. The molecular weight excluding hydrogens is 569 g/mol. The molecule has 3 aromatic rings. The van der Waals surface area contributed by atoms with Crippen molar-refractivity contribution in [1.29, 1.82) is 0 Å². The van der Waals surface area contributed by atoms with E-state index in [9.17, 15) is 35.4 Å². The SMILES string of the molecule is COc1ccc(S(=O)(=O)Nc2c(F)cc(Cl)cc2N=O)cc1S(=O)(=O)Nc1c(F)cc(Cl)cc1N=O. The summed E-state index contributed by atoms with van der Waals surface area (Å²) in [7, 11) is -8.47. The maximum Gasteiger partial charge on any atom is 0.265 e. The van der Waals surface area contributed by atoms with Crippen LogP contribution in [0.2, 0.25) is 10.0 Å². The smallest absolute Gasteiger partial charge is 0.265 e. The van der Waals surface area contributed by atoms with Crippen LogP contribution < -0.4 is 14.2 Å². The fraction of sp³-hybridized carbons (Fsp3) is 0.0526. The fourth-order valence-electron chi connectivity index (χ4n) is 2.88. The highest BCUT2D eigenvalue weighted by molar-refractivity contribution is 7.93. The second kappa shape index (κ2) is 10.3. The standard InChI is InChI=1S/C19H12Cl2F2N4O7S2/c1-34-16-3-2-11(35(30,31)26-18-12(22)4-9(20)6-14(18)24-28)8-17(16)36(32,33)27-19-13(23)5-10(21)7-15(19)25-29/h2-8,26-27H,1H3. The predicted octanol–water partition coefficient (Wildman–Crippen LogP) is 5.68. The number of benzene rings is 3. The summed E-state index contributed by atoms with van der Waals surface area (Å²) < 4.78 is 89.1. The summed E-state index contributed by atoms with van der Waals surface area (Å²) in [6, 6.07) is 5.74. The van der Waals surface area contributed by atoms with Crippen LogP contribution >= 0.6 is 23.2 Å². The summed E-state index contributed by atoms with van der Waals surface area (Å²) in [5.74, 6) is -2.84. The largest absolute Gasteiger partial charge is 0.495 e. The van der Waals surface area contributed by atoms with Gasteiger partial charge in [-0.3, -0.25) is 9.44 Å². The molecule has 190 valence electrons. The number of anilines is 2. The molecule has 17 heteroatoms. The van der Waals surface area contributed by atoms with E-state index in [-0.39, 0.29) is 15.8 Å². The Morgan fingerprint density at radius 2 is 1.25 bits per heavy atom. The summed E-state index contributed by atoms with van der Waals surface area (Å²) in [5, 5.41) is 4.59. The van der Waals surface area contributed by atoms with Crippen LogP contribution in [0.3, 0.4) is 0 Å². The summed E-state index contributed by atoms with van der Waals surface area (Å²) in [4.78, 5) is 20.5. The highest BCUT2D eigenvalue weighted by Crippen LogP contribution is 2.37. The minimum absolute atomic E-state index is 0.229. The zero-order valence-electron chi connectivity index (χ0n) is 17.6. The van der Waals surface area contributed by atoms with E-state index in [1.165, 1.54) is 0 Å². The monoisotopic (exact) mass is 580 g/mol. The molecule has 0 bridgehead atoms. The van der Waals surface area contributed by atoms with Crippen LogP contribution in [0, 0.1) is 21.4 Å². The van der Waals surface area contributed by atoms with Crippen LogP contribution in [0.5, 0.6) is 5.75 Å². The van der Waals surface area contributed by atoms with Gasteiger partial charge in [-0.05, 0) is 52.8 Å². The van der Waals surface area contributed by atoms with Gasteiger partial charge in [0, 0.05) is 10.0 Å². The average molecular weight is 581 g/mol. The van der Waals surface area contributed by atoms with Crippen molar-refractivity contribution >= 4 is 66.0 Å². The van der Waals surface area contributed by atoms with Crippen LogP contribution in [0.15, 0.2) is 62.6 Å². The molecule has 0 aliphatic heterocycles. The Labute approximate surface area is 212 Å². The van der Waals surface area contributed by atoms with Crippen LogP contribution in [0.4, 0.5) is 31.5 Å². The Morgan fingerprint density at radius 3 is 1.69 bits per heavy atom. The van der Waals surface area contributed by atoms with Gasteiger partial charge in [-0.2, -0.15) is 0 Å². The van der Waals surface area contributed by atoms with Crippen molar-refractivity contribution < 1.29 is 30.4 Å². The Bertz CT molecular complexity index is 1600. The second-order valence-electron chi connectivity index (χ2n) is 6.77. The Hall–Kier alpha value is -3.40. The number of methoxy groups -OCH3 is 1. The number of halogens is 4. The van der Waals surface area contributed by atoms with Crippen molar-refractivity contribution in [2.45, 2.75) is 9.79 Å². The number of ether oxygens (including phenoxy) is 1. The van der Waals surface area contributed by atoms with Gasteiger partial charge in [-0.25, -0.2) is 25.6 Å². The first-order valence-corrected chi connectivity index (χ1v) is 12.9. The van der Waals surface area contributed by atoms with E-state index in [1.807, 2.05) is 0 Å². The number of nitrogens with zero attached hydrogens (tertiary/aromatic N) is 2. The molecule has 0 saturated heterocycles. The van der Waals surface area contributed by atoms with Crippen molar-refractivity contribution in [3.63, 3.8) is 0 Å². The van der Waals surface area contributed by atoms with Gasteiger partial charge in [0.05, 0.1) is 12.0 Å².